The van der Waals surface area contributed by atoms with Gasteiger partial charge in [-0.1, -0.05) is 44.0 Å². The van der Waals surface area contributed by atoms with Crippen LogP contribution in [0.2, 0.25) is 10.0 Å². The van der Waals surface area contributed by atoms with Gasteiger partial charge in [0.05, 0.1) is 10.7 Å². The molecule has 162 valence electrons. The first-order valence-electron chi connectivity index (χ1n) is 9.78. The second-order valence-electron chi connectivity index (χ2n) is 8.63. The SMILES string of the molecule is CNC(=O)C(NC(=O)c1nc(-c2cc(Cl)ccc2Cl)n2c1CN(C)CC2)C(C)(C)C. The summed E-state index contributed by atoms with van der Waals surface area (Å²) in [4.78, 5) is 32.4. The zero-order chi connectivity index (χ0) is 22.2. The number of likely N-dealkylation sites (N-methyl/N-ethyl adjacent to an activating group) is 2. The standard InChI is InChI=1S/C21H27Cl2N5O2/c1-21(2,3)17(20(30)24-4)26-19(29)16-15-11-27(5)8-9-28(15)18(25-16)13-10-12(22)6-7-14(13)23/h6-7,10,17H,8-9,11H2,1-5H3,(H,24,30)(H,26,29). The summed E-state index contributed by atoms with van der Waals surface area (Å²) in [5, 5.41) is 6.55. The van der Waals surface area contributed by atoms with E-state index in [4.69, 9.17) is 23.2 Å². The lowest BCUT2D eigenvalue weighted by Gasteiger charge is -2.30. The lowest BCUT2D eigenvalue weighted by molar-refractivity contribution is -0.124. The molecule has 0 bridgehead atoms. The second kappa shape index (κ2) is 8.57. The maximum Gasteiger partial charge on any atom is 0.272 e. The van der Waals surface area contributed by atoms with Gasteiger partial charge in [-0.2, -0.15) is 0 Å². The van der Waals surface area contributed by atoms with Crippen molar-refractivity contribution >= 4 is 35.0 Å². The predicted molar refractivity (Wildman–Crippen MR) is 119 cm³/mol. The maximum atomic E-state index is 13.3. The first kappa shape index (κ1) is 22.6. The van der Waals surface area contributed by atoms with Crippen molar-refractivity contribution in [2.45, 2.75) is 39.9 Å². The molecule has 2 heterocycles. The Morgan fingerprint density at radius 3 is 2.53 bits per heavy atom. The molecule has 2 N–H and O–H groups in total. The van der Waals surface area contributed by atoms with E-state index in [1.165, 1.54) is 0 Å². The minimum atomic E-state index is -0.702. The molecular weight excluding hydrogens is 425 g/mol. The molecule has 9 heteroatoms. The van der Waals surface area contributed by atoms with E-state index >= 15 is 0 Å². The number of nitrogens with zero attached hydrogens (tertiary/aromatic N) is 3. The Balaban J connectivity index is 2.07. The highest BCUT2D eigenvalue weighted by molar-refractivity contribution is 6.35. The Morgan fingerprint density at radius 1 is 1.20 bits per heavy atom. The molecule has 0 saturated heterocycles. The van der Waals surface area contributed by atoms with Gasteiger partial charge in [0, 0.05) is 37.3 Å². The van der Waals surface area contributed by atoms with E-state index in [2.05, 4.69) is 20.5 Å². The Morgan fingerprint density at radius 2 is 1.90 bits per heavy atom. The van der Waals surface area contributed by atoms with Crippen LogP contribution in [0.5, 0.6) is 0 Å². The molecule has 0 spiro atoms. The Labute approximate surface area is 186 Å². The topological polar surface area (TPSA) is 79.3 Å². The van der Waals surface area contributed by atoms with E-state index in [1.807, 2.05) is 32.4 Å². The number of halogens is 2. The van der Waals surface area contributed by atoms with Crippen molar-refractivity contribution < 1.29 is 9.59 Å². The summed E-state index contributed by atoms with van der Waals surface area (Å²) in [5.74, 6) is -0.0378. The van der Waals surface area contributed by atoms with Gasteiger partial charge >= 0.3 is 0 Å². The summed E-state index contributed by atoms with van der Waals surface area (Å²) < 4.78 is 2.01. The number of aromatic nitrogens is 2. The summed E-state index contributed by atoms with van der Waals surface area (Å²) in [6.07, 6.45) is 0. The highest BCUT2D eigenvalue weighted by atomic mass is 35.5. The van der Waals surface area contributed by atoms with E-state index in [0.29, 0.717) is 40.2 Å². The number of imidazole rings is 1. The minimum Gasteiger partial charge on any atom is -0.357 e. The molecule has 1 aliphatic rings. The van der Waals surface area contributed by atoms with Gasteiger partial charge in [-0.25, -0.2) is 4.98 Å². The number of amides is 2. The van der Waals surface area contributed by atoms with Crippen LogP contribution in [0.3, 0.4) is 0 Å². The molecule has 7 nitrogen and oxygen atoms in total. The molecule has 0 aliphatic carbocycles. The molecule has 2 aromatic rings. The molecular formula is C21H27Cl2N5O2. The highest BCUT2D eigenvalue weighted by Crippen LogP contribution is 2.33. The molecule has 30 heavy (non-hydrogen) atoms. The molecule has 1 aromatic heterocycles. The largest absolute Gasteiger partial charge is 0.357 e. The van der Waals surface area contributed by atoms with Crippen LogP contribution in [-0.4, -0.2) is 52.9 Å². The van der Waals surface area contributed by atoms with Gasteiger partial charge in [0.2, 0.25) is 5.91 Å². The summed E-state index contributed by atoms with van der Waals surface area (Å²) >= 11 is 12.6. The first-order valence-corrected chi connectivity index (χ1v) is 10.5. The van der Waals surface area contributed by atoms with Gasteiger partial charge in [0.1, 0.15) is 11.9 Å². The van der Waals surface area contributed by atoms with Gasteiger partial charge in [0.25, 0.3) is 5.91 Å². The van der Waals surface area contributed by atoms with Gasteiger partial charge in [0.15, 0.2) is 5.69 Å². The van der Waals surface area contributed by atoms with Crippen molar-refractivity contribution in [2.24, 2.45) is 5.41 Å². The number of rotatable bonds is 4. The number of nitrogens with one attached hydrogen (secondary N) is 2. The van der Waals surface area contributed by atoms with Crippen LogP contribution in [0.4, 0.5) is 0 Å². The van der Waals surface area contributed by atoms with E-state index in [1.54, 1.807) is 25.2 Å². The minimum absolute atomic E-state index is 0.251. The number of carbonyl (C=O) groups is 2. The molecule has 1 unspecified atom stereocenters. The van der Waals surface area contributed by atoms with E-state index in [9.17, 15) is 9.59 Å². The number of fused-ring (bicyclic) bond motifs is 1. The van der Waals surface area contributed by atoms with Crippen molar-refractivity contribution in [2.75, 3.05) is 20.6 Å². The maximum absolute atomic E-state index is 13.3. The van der Waals surface area contributed by atoms with Crippen molar-refractivity contribution in [3.63, 3.8) is 0 Å². The number of hydrogen-bond acceptors (Lipinski definition) is 4. The smallest absolute Gasteiger partial charge is 0.272 e. The van der Waals surface area contributed by atoms with E-state index < -0.39 is 11.5 Å². The fourth-order valence-electron chi connectivity index (χ4n) is 3.57. The molecule has 3 rings (SSSR count). The van der Waals surface area contributed by atoms with E-state index in [-0.39, 0.29) is 11.8 Å². The fraction of sp³-hybridized carbons (Fsp3) is 0.476. The average molecular weight is 452 g/mol. The van der Waals surface area contributed by atoms with Crippen LogP contribution in [-0.2, 0) is 17.9 Å². The Hall–Kier alpha value is -2.09. The van der Waals surface area contributed by atoms with Gasteiger partial charge < -0.3 is 15.2 Å². The van der Waals surface area contributed by atoms with Crippen molar-refractivity contribution in [3.8, 4) is 11.4 Å². The Bertz CT molecular complexity index is 981. The molecule has 0 saturated carbocycles. The molecule has 0 radical (unpaired) electrons. The molecule has 1 atom stereocenters. The van der Waals surface area contributed by atoms with Gasteiger partial charge in [-0.05, 0) is 30.7 Å². The van der Waals surface area contributed by atoms with Crippen LogP contribution >= 0.6 is 23.2 Å². The van der Waals surface area contributed by atoms with Crippen molar-refractivity contribution in [3.05, 3.63) is 39.6 Å². The van der Waals surface area contributed by atoms with Crippen molar-refractivity contribution in [1.82, 2.24) is 25.1 Å². The predicted octanol–water partition coefficient (Wildman–Crippen LogP) is 3.19. The summed E-state index contributed by atoms with van der Waals surface area (Å²) in [6, 6.07) is 4.48. The quantitative estimate of drug-likeness (QED) is 0.747. The average Bonchev–Trinajstić information content (AvgIpc) is 3.04. The monoisotopic (exact) mass is 451 g/mol. The van der Waals surface area contributed by atoms with Crippen LogP contribution in [0.1, 0.15) is 37.0 Å². The summed E-state index contributed by atoms with van der Waals surface area (Å²) in [5.41, 5.74) is 1.29. The fourth-order valence-corrected chi connectivity index (χ4v) is 3.94. The highest BCUT2D eigenvalue weighted by Gasteiger charge is 2.35. The molecule has 0 fully saturated rings. The summed E-state index contributed by atoms with van der Waals surface area (Å²) in [7, 11) is 3.55. The number of hydrogen-bond donors (Lipinski definition) is 2. The second-order valence-corrected chi connectivity index (χ2v) is 9.47. The number of benzene rings is 1. The molecule has 1 aromatic carbocycles. The Kier molecular flexibility index (Phi) is 6.45. The van der Waals surface area contributed by atoms with Crippen LogP contribution in [0.15, 0.2) is 18.2 Å². The molecule has 2 amide bonds. The summed E-state index contributed by atoms with van der Waals surface area (Å²) in [6.45, 7) is 7.76. The van der Waals surface area contributed by atoms with E-state index in [0.717, 1.165) is 12.2 Å². The lowest BCUT2D eigenvalue weighted by Crippen LogP contribution is -2.53. The van der Waals surface area contributed by atoms with Crippen LogP contribution in [0.25, 0.3) is 11.4 Å². The van der Waals surface area contributed by atoms with Gasteiger partial charge in [-0.3, -0.25) is 14.5 Å². The lowest BCUT2D eigenvalue weighted by atomic mass is 9.86. The van der Waals surface area contributed by atoms with Crippen LogP contribution in [0, 0.1) is 5.41 Å². The first-order chi connectivity index (χ1) is 14.0. The third-order valence-corrected chi connectivity index (χ3v) is 5.80. The normalized spacial score (nSPS) is 15.4. The van der Waals surface area contributed by atoms with Gasteiger partial charge in [-0.15, -0.1) is 0 Å². The van der Waals surface area contributed by atoms with Crippen molar-refractivity contribution in [1.29, 1.82) is 0 Å². The third-order valence-electron chi connectivity index (χ3n) is 5.23. The third kappa shape index (κ3) is 4.48. The zero-order valence-corrected chi connectivity index (χ0v) is 19.4. The molecule has 1 aliphatic heterocycles. The number of carbonyl (C=O) groups excluding carboxylic acids is 2. The zero-order valence-electron chi connectivity index (χ0n) is 17.8. The van der Waals surface area contributed by atoms with Crippen LogP contribution < -0.4 is 10.6 Å².